The number of alkyl carbamates (subject to hydrolysis) is 1. The molecule has 0 spiro atoms. The lowest BCUT2D eigenvalue weighted by molar-refractivity contribution is -0.159. The highest BCUT2D eigenvalue weighted by Gasteiger charge is 2.39. The normalized spacial score (nSPS) is 14.2. The Labute approximate surface area is 273 Å². The number of hydrogen-bond acceptors (Lipinski definition) is 7. The maximum absolute atomic E-state index is 14.4. The van der Waals surface area contributed by atoms with E-state index in [1.165, 1.54) is 4.90 Å². The van der Waals surface area contributed by atoms with E-state index in [-0.39, 0.29) is 18.9 Å². The number of carbonyl (C=O) groups excluding carboxylic acids is 4. The number of aliphatic hydroxyl groups excluding tert-OH is 1. The first kappa shape index (κ1) is 38.0. The third-order valence-electron chi connectivity index (χ3n) is 7.09. The molecule has 3 amide bonds. The lowest BCUT2D eigenvalue weighted by Gasteiger charge is -2.36. The van der Waals surface area contributed by atoms with Crippen LogP contribution in [0.25, 0.3) is 6.08 Å². The second-order valence-electron chi connectivity index (χ2n) is 13.3. The molecule has 0 aliphatic rings. The minimum absolute atomic E-state index is 0.143. The number of carbonyl (C=O) groups is 4. The summed E-state index contributed by atoms with van der Waals surface area (Å²) in [5, 5.41) is 15.7. The molecule has 10 heteroatoms. The second kappa shape index (κ2) is 16.9. The Balaban J connectivity index is 2.63. The molecule has 46 heavy (non-hydrogen) atoms. The average Bonchev–Trinajstić information content (AvgIpc) is 2.97. The molecular formula is C36H51N3O7. The topological polar surface area (TPSA) is 134 Å². The molecule has 10 nitrogen and oxygen atoms in total. The summed E-state index contributed by atoms with van der Waals surface area (Å²) >= 11 is 0. The molecule has 0 saturated carbocycles. The Bertz CT molecular complexity index is 1330. The van der Waals surface area contributed by atoms with E-state index in [4.69, 9.17) is 9.47 Å². The molecule has 2 rings (SSSR count). The fourth-order valence-electron chi connectivity index (χ4n) is 4.77. The molecule has 0 radical (unpaired) electrons. The van der Waals surface area contributed by atoms with Crippen LogP contribution in [0.5, 0.6) is 0 Å². The van der Waals surface area contributed by atoms with E-state index < -0.39 is 59.8 Å². The van der Waals surface area contributed by atoms with Crippen LogP contribution in [0.3, 0.4) is 0 Å². The van der Waals surface area contributed by atoms with Gasteiger partial charge in [0, 0.05) is 13.0 Å². The zero-order valence-electron chi connectivity index (χ0n) is 28.5. The predicted molar refractivity (Wildman–Crippen MR) is 179 cm³/mol. The summed E-state index contributed by atoms with van der Waals surface area (Å²) in [4.78, 5) is 56.2. The number of rotatable bonds is 14. The van der Waals surface area contributed by atoms with Gasteiger partial charge in [-0.15, -0.1) is 0 Å². The van der Waals surface area contributed by atoms with E-state index in [0.29, 0.717) is 17.5 Å². The van der Waals surface area contributed by atoms with Gasteiger partial charge in [0.05, 0.1) is 6.61 Å². The van der Waals surface area contributed by atoms with Crippen LogP contribution in [-0.4, -0.2) is 70.3 Å². The molecular weight excluding hydrogens is 586 g/mol. The van der Waals surface area contributed by atoms with Gasteiger partial charge in [-0.2, -0.15) is 0 Å². The highest BCUT2D eigenvalue weighted by atomic mass is 16.6. The number of ether oxygens (including phenoxy) is 2. The van der Waals surface area contributed by atoms with Crippen molar-refractivity contribution in [1.82, 2.24) is 15.5 Å². The van der Waals surface area contributed by atoms with Crippen molar-refractivity contribution in [2.75, 3.05) is 13.2 Å². The van der Waals surface area contributed by atoms with Gasteiger partial charge >= 0.3 is 12.1 Å². The van der Waals surface area contributed by atoms with Crippen molar-refractivity contribution in [3.8, 4) is 0 Å². The van der Waals surface area contributed by atoms with Crippen LogP contribution in [0.4, 0.5) is 4.79 Å². The zero-order valence-corrected chi connectivity index (χ0v) is 28.5. The van der Waals surface area contributed by atoms with E-state index >= 15 is 0 Å². The van der Waals surface area contributed by atoms with Crippen molar-refractivity contribution < 1.29 is 33.8 Å². The van der Waals surface area contributed by atoms with Gasteiger partial charge in [-0.3, -0.25) is 9.59 Å². The highest BCUT2D eigenvalue weighted by molar-refractivity contribution is 5.94. The lowest BCUT2D eigenvalue weighted by atomic mass is 9.95. The summed E-state index contributed by atoms with van der Waals surface area (Å²) in [6.45, 7) is 17.2. The van der Waals surface area contributed by atoms with Crippen molar-refractivity contribution in [3.63, 3.8) is 0 Å². The van der Waals surface area contributed by atoms with Crippen LogP contribution in [0.2, 0.25) is 0 Å². The highest BCUT2D eigenvalue weighted by Crippen LogP contribution is 2.26. The number of hydrogen-bond donors (Lipinski definition) is 3. The van der Waals surface area contributed by atoms with Crippen molar-refractivity contribution in [1.29, 1.82) is 0 Å². The SMILES string of the molecule is C=Cc1cccc(C(C(=O)NC(Cc2ccccc2)C(=O)OC(C)(C)C)N(CCO)C(=O)C(NC(=O)OC(C)(C)C)C(C)CC)c1. The van der Waals surface area contributed by atoms with Gasteiger partial charge in [0.15, 0.2) is 0 Å². The summed E-state index contributed by atoms with van der Waals surface area (Å²) in [6, 6.07) is 12.7. The van der Waals surface area contributed by atoms with Crippen molar-refractivity contribution >= 4 is 30.0 Å². The fraction of sp³-hybridized carbons (Fsp3) is 0.500. The van der Waals surface area contributed by atoms with Gasteiger partial charge in [-0.25, -0.2) is 9.59 Å². The average molecular weight is 638 g/mol. The van der Waals surface area contributed by atoms with E-state index in [9.17, 15) is 24.3 Å². The Morgan fingerprint density at radius 3 is 2.11 bits per heavy atom. The van der Waals surface area contributed by atoms with Gasteiger partial charge in [0.2, 0.25) is 11.8 Å². The third kappa shape index (κ3) is 12.0. The molecule has 252 valence electrons. The van der Waals surface area contributed by atoms with Crippen LogP contribution >= 0.6 is 0 Å². The molecule has 2 aromatic carbocycles. The van der Waals surface area contributed by atoms with Gasteiger partial charge in [-0.1, -0.05) is 81.5 Å². The Kier molecular flexibility index (Phi) is 14.0. The number of nitrogens with one attached hydrogen (secondary N) is 2. The summed E-state index contributed by atoms with van der Waals surface area (Å²) < 4.78 is 11.1. The van der Waals surface area contributed by atoms with Gasteiger partial charge in [0.25, 0.3) is 0 Å². The molecule has 0 aliphatic heterocycles. The molecule has 2 aromatic rings. The van der Waals surface area contributed by atoms with Crippen LogP contribution in [0.15, 0.2) is 61.2 Å². The van der Waals surface area contributed by atoms with E-state index in [0.717, 1.165) is 5.56 Å². The standard InChI is InChI=1S/C36H51N3O7/c1-10-24(3)29(38-34(44)46-36(7,8)9)32(42)39(20-21-40)30(27-19-15-18-25(11-2)22-27)31(41)37-28(33(43)45-35(4,5)6)23-26-16-13-12-14-17-26/h11-19,22,24,28-30,40H,2,10,20-21,23H2,1,3-9H3,(H,37,41)(H,38,44). The molecule has 0 bridgehead atoms. The monoisotopic (exact) mass is 637 g/mol. The second-order valence-corrected chi connectivity index (χ2v) is 13.3. The molecule has 4 atom stereocenters. The number of benzene rings is 2. The quantitative estimate of drug-likeness (QED) is 0.243. The summed E-state index contributed by atoms with van der Waals surface area (Å²) in [5.41, 5.74) is 0.306. The molecule has 4 unspecified atom stereocenters. The van der Waals surface area contributed by atoms with Crippen molar-refractivity contribution in [2.24, 2.45) is 5.92 Å². The number of aliphatic hydroxyl groups is 1. The number of nitrogens with zero attached hydrogens (tertiary/aromatic N) is 1. The molecule has 0 aliphatic carbocycles. The lowest BCUT2D eigenvalue weighted by Crippen LogP contribution is -2.57. The van der Waals surface area contributed by atoms with Gasteiger partial charge in [0.1, 0.15) is 29.3 Å². The minimum atomic E-state index is -1.28. The maximum atomic E-state index is 14.4. The fourth-order valence-corrected chi connectivity index (χ4v) is 4.77. The maximum Gasteiger partial charge on any atom is 0.408 e. The minimum Gasteiger partial charge on any atom is -0.458 e. The summed E-state index contributed by atoms with van der Waals surface area (Å²) in [6.07, 6.45) is 1.50. The van der Waals surface area contributed by atoms with Crippen LogP contribution in [0.1, 0.15) is 84.5 Å². The van der Waals surface area contributed by atoms with Crippen LogP contribution < -0.4 is 10.6 Å². The van der Waals surface area contributed by atoms with E-state index in [1.54, 1.807) is 71.9 Å². The zero-order chi connectivity index (χ0) is 34.7. The Hall–Kier alpha value is -4.18. The number of amides is 3. The molecule has 0 aromatic heterocycles. The first-order chi connectivity index (χ1) is 21.5. The first-order valence-corrected chi connectivity index (χ1v) is 15.7. The van der Waals surface area contributed by atoms with Gasteiger partial charge < -0.3 is 30.1 Å². The number of esters is 1. The van der Waals surface area contributed by atoms with Crippen LogP contribution in [0, 0.1) is 5.92 Å². The third-order valence-corrected chi connectivity index (χ3v) is 7.09. The smallest absolute Gasteiger partial charge is 0.408 e. The largest absolute Gasteiger partial charge is 0.458 e. The van der Waals surface area contributed by atoms with Crippen molar-refractivity contribution in [3.05, 3.63) is 77.9 Å². The predicted octanol–water partition coefficient (Wildman–Crippen LogP) is 5.20. The van der Waals surface area contributed by atoms with Crippen LogP contribution in [-0.2, 0) is 30.3 Å². The van der Waals surface area contributed by atoms with E-state index in [2.05, 4.69) is 17.2 Å². The van der Waals surface area contributed by atoms with E-state index in [1.807, 2.05) is 44.2 Å². The summed E-state index contributed by atoms with van der Waals surface area (Å²) in [7, 11) is 0. The first-order valence-electron chi connectivity index (χ1n) is 15.7. The molecule has 0 heterocycles. The van der Waals surface area contributed by atoms with Gasteiger partial charge in [-0.05, 0) is 70.2 Å². The van der Waals surface area contributed by atoms with Crippen molar-refractivity contribution in [2.45, 2.75) is 97.6 Å². The summed E-state index contributed by atoms with van der Waals surface area (Å²) in [5.74, 6) is -2.23. The molecule has 0 fully saturated rings. The Morgan fingerprint density at radius 1 is 0.935 bits per heavy atom. The molecule has 3 N–H and O–H groups in total. The molecule has 0 saturated heterocycles. The Morgan fingerprint density at radius 2 is 1.57 bits per heavy atom.